The Kier molecular flexibility index (Phi) is 5.57. The van der Waals surface area contributed by atoms with E-state index in [0.717, 1.165) is 28.7 Å². The first-order chi connectivity index (χ1) is 18.2. The van der Waals surface area contributed by atoms with E-state index < -0.39 is 0 Å². The summed E-state index contributed by atoms with van der Waals surface area (Å²) in [5, 5.41) is 12.2. The van der Waals surface area contributed by atoms with Crippen molar-refractivity contribution in [3.05, 3.63) is 71.5 Å². The number of pyridine rings is 1. The average Bonchev–Trinajstić information content (AvgIpc) is 3.71. The van der Waals surface area contributed by atoms with Crippen molar-refractivity contribution in [2.75, 3.05) is 13.2 Å². The van der Waals surface area contributed by atoms with Crippen molar-refractivity contribution < 1.29 is 14.2 Å². The molecule has 0 bridgehead atoms. The Morgan fingerprint density at radius 1 is 1.00 bits per heavy atom. The Balaban J connectivity index is 1.09. The van der Waals surface area contributed by atoms with Crippen molar-refractivity contribution in [2.24, 2.45) is 0 Å². The van der Waals surface area contributed by atoms with Crippen LogP contribution >= 0.6 is 11.6 Å². The van der Waals surface area contributed by atoms with E-state index in [9.17, 15) is 0 Å². The van der Waals surface area contributed by atoms with Gasteiger partial charge in [0.25, 0.3) is 6.01 Å². The molecule has 2 aliphatic rings. The fourth-order valence-corrected chi connectivity index (χ4v) is 5.14. The number of halogens is 1. The number of imidazole rings is 1. The fourth-order valence-electron chi connectivity index (χ4n) is 4.88. The Hall–Kier alpha value is -3.86. The van der Waals surface area contributed by atoms with E-state index in [1.165, 1.54) is 6.33 Å². The van der Waals surface area contributed by atoms with Crippen molar-refractivity contribution >= 4 is 22.8 Å². The lowest BCUT2D eigenvalue weighted by atomic mass is 10.0. The predicted octanol–water partition coefficient (Wildman–Crippen LogP) is 3.92. The summed E-state index contributed by atoms with van der Waals surface area (Å²) in [5.41, 5.74) is 6.12. The molecule has 5 heterocycles. The minimum Gasteiger partial charge on any atom is -0.456 e. The first kappa shape index (κ1) is 22.3. The van der Waals surface area contributed by atoms with Crippen molar-refractivity contribution in [3.63, 3.8) is 0 Å². The molecule has 0 amide bonds. The summed E-state index contributed by atoms with van der Waals surface area (Å²) in [6.45, 7) is 1.76. The molecule has 3 aromatic heterocycles. The van der Waals surface area contributed by atoms with Gasteiger partial charge in [0.05, 0.1) is 35.5 Å². The van der Waals surface area contributed by atoms with Crippen molar-refractivity contribution in [1.29, 1.82) is 0 Å². The van der Waals surface area contributed by atoms with E-state index in [4.69, 9.17) is 30.8 Å². The van der Waals surface area contributed by atoms with E-state index >= 15 is 0 Å². The molecule has 2 saturated heterocycles. The molecule has 10 nitrogen and oxygen atoms in total. The number of ether oxygens (including phenoxy) is 3. The third-order valence-corrected chi connectivity index (χ3v) is 7.04. The summed E-state index contributed by atoms with van der Waals surface area (Å²) in [6, 6.07) is 18.6. The monoisotopic (exact) mass is 515 g/mol. The zero-order valence-electron chi connectivity index (χ0n) is 19.6. The van der Waals surface area contributed by atoms with Gasteiger partial charge in [0.1, 0.15) is 6.10 Å². The van der Waals surface area contributed by atoms with Gasteiger partial charge in [0.15, 0.2) is 18.1 Å². The van der Waals surface area contributed by atoms with E-state index in [-0.39, 0.29) is 18.3 Å². The number of aromatic nitrogens is 7. The summed E-state index contributed by atoms with van der Waals surface area (Å²) in [7, 11) is 0. The number of hydrogen-bond acceptors (Lipinski definition) is 8. The first-order valence-electron chi connectivity index (χ1n) is 12.1. The highest BCUT2D eigenvalue weighted by atomic mass is 35.5. The largest absolute Gasteiger partial charge is 0.456 e. The Morgan fingerprint density at radius 3 is 2.57 bits per heavy atom. The molecule has 1 N–H and O–H groups in total. The van der Waals surface area contributed by atoms with Crippen LogP contribution in [-0.4, -0.2) is 66.7 Å². The van der Waals surface area contributed by atoms with Crippen LogP contribution in [0.25, 0.3) is 33.5 Å². The van der Waals surface area contributed by atoms with E-state index in [1.54, 1.807) is 4.80 Å². The number of rotatable bonds is 6. The molecule has 186 valence electrons. The highest BCUT2D eigenvalue weighted by Gasteiger charge is 2.43. The molecule has 11 heteroatoms. The lowest BCUT2D eigenvalue weighted by Crippen LogP contribution is -2.32. The number of hydrogen-bond donors (Lipinski definition) is 1. The number of aromatic amines is 1. The molecule has 3 atom stereocenters. The molecule has 37 heavy (non-hydrogen) atoms. The minimum atomic E-state index is -0.191. The third kappa shape index (κ3) is 4.33. The molecule has 2 aromatic carbocycles. The lowest BCUT2D eigenvalue weighted by molar-refractivity contribution is 0.0273. The smallest absolute Gasteiger partial charge is 0.296 e. The normalized spacial score (nSPS) is 20.9. The molecule has 2 fully saturated rings. The molecule has 3 unspecified atom stereocenters. The molecule has 2 aliphatic heterocycles. The summed E-state index contributed by atoms with van der Waals surface area (Å²) in [4.78, 5) is 14.0. The van der Waals surface area contributed by atoms with Crippen molar-refractivity contribution in [2.45, 2.75) is 31.3 Å². The lowest BCUT2D eigenvalue weighted by Gasteiger charge is -2.15. The maximum absolute atomic E-state index is 6.62. The van der Waals surface area contributed by atoms with E-state index in [1.807, 2.05) is 18.2 Å². The molecule has 5 aromatic rings. The van der Waals surface area contributed by atoms with Crippen LogP contribution in [0.2, 0.25) is 5.02 Å². The SMILES string of the molecule is Clc1cc2[nH]c(OC3COC4CCOC43)nc2nc1-c1ccc(-c2ccc(Cn3ncnn3)cc2)cc1. The van der Waals surface area contributed by atoms with Gasteiger partial charge >= 0.3 is 0 Å². The van der Waals surface area contributed by atoms with Crippen molar-refractivity contribution in [3.8, 4) is 28.4 Å². The van der Waals surface area contributed by atoms with Gasteiger partial charge in [-0.25, -0.2) is 4.98 Å². The maximum Gasteiger partial charge on any atom is 0.296 e. The van der Waals surface area contributed by atoms with Crippen molar-refractivity contribution in [1.82, 2.24) is 35.2 Å². The molecular formula is C26H22ClN7O3. The quantitative estimate of drug-likeness (QED) is 0.362. The highest BCUT2D eigenvalue weighted by molar-refractivity contribution is 6.33. The van der Waals surface area contributed by atoms with Crippen LogP contribution in [0.1, 0.15) is 12.0 Å². The van der Waals surface area contributed by atoms with Gasteiger partial charge in [-0.15, -0.1) is 10.2 Å². The number of nitrogens with one attached hydrogen (secondary N) is 1. The van der Waals surface area contributed by atoms with Crippen LogP contribution in [0.3, 0.4) is 0 Å². The number of fused-ring (bicyclic) bond motifs is 2. The molecule has 0 spiro atoms. The molecular weight excluding hydrogens is 494 g/mol. The summed E-state index contributed by atoms with van der Waals surface area (Å²) in [5.74, 6) is 0. The fraction of sp³-hybridized carbons (Fsp3) is 0.269. The standard InChI is InChI=1S/C26H22ClN7O3/c27-19-11-20-25(32-26(30-20)37-22-13-36-21-9-10-35-24(21)22)31-23(19)18-7-5-17(6-8-18)16-3-1-15(2-4-16)12-34-29-14-28-33-34/h1-8,11,14,21-22,24H,9-10,12-13H2,(H,30,31,32). The highest BCUT2D eigenvalue weighted by Crippen LogP contribution is 2.33. The zero-order valence-corrected chi connectivity index (χ0v) is 20.4. The second-order valence-electron chi connectivity index (χ2n) is 9.12. The van der Waals surface area contributed by atoms with Gasteiger partial charge in [-0.05, 0) is 34.4 Å². The van der Waals surface area contributed by atoms with Crippen LogP contribution in [0.5, 0.6) is 6.01 Å². The number of benzene rings is 2. The Bertz CT molecular complexity index is 1540. The summed E-state index contributed by atoms with van der Waals surface area (Å²) in [6.07, 6.45) is 2.19. The topological polar surface area (TPSA) is 113 Å². The van der Waals surface area contributed by atoms with Gasteiger partial charge in [0.2, 0.25) is 0 Å². The van der Waals surface area contributed by atoms with Gasteiger partial charge in [-0.2, -0.15) is 9.78 Å². The third-order valence-electron chi connectivity index (χ3n) is 6.75. The van der Waals surface area contributed by atoms with Crippen LogP contribution in [0.4, 0.5) is 0 Å². The van der Waals surface area contributed by atoms with E-state index in [2.05, 4.69) is 61.8 Å². The first-order valence-corrected chi connectivity index (χ1v) is 12.4. The zero-order chi connectivity index (χ0) is 24.8. The van der Waals surface area contributed by atoms with Gasteiger partial charge in [-0.1, -0.05) is 60.1 Å². The van der Waals surface area contributed by atoms with Crippen LogP contribution in [0.15, 0.2) is 60.9 Å². The van der Waals surface area contributed by atoms with Crippen LogP contribution in [0, 0.1) is 0 Å². The second-order valence-corrected chi connectivity index (χ2v) is 9.53. The minimum absolute atomic E-state index is 0.0549. The Morgan fingerprint density at radius 2 is 1.78 bits per heavy atom. The number of nitrogens with zero attached hydrogens (tertiary/aromatic N) is 6. The summed E-state index contributed by atoms with van der Waals surface area (Å²) < 4.78 is 17.6. The maximum atomic E-state index is 6.62. The van der Waals surface area contributed by atoms with Crippen LogP contribution < -0.4 is 4.74 Å². The van der Waals surface area contributed by atoms with Gasteiger partial charge in [0, 0.05) is 12.2 Å². The molecule has 0 radical (unpaired) electrons. The van der Waals surface area contributed by atoms with E-state index in [0.29, 0.717) is 47.6 Å². The predicted molar refractivity (Wildman–Crippen MR) is 135 cm³/mol. The number of tetrazole rings is 1. The molecule has 0 saturated carbocycles. The molecule has 0 aliphatic carbocycles. The van der Waals surface area contributed by atoms with Gasteiger partial charge < -0.3 is 19.2 Å². The molecule has 7 rings (SSSR count). The average molecular weight is 516 g/mol. The summed E-state index contributed by atoms with van der Waals surface area (Å²) >= 11 is 6.62. The number of H-pyrrole nitrogens is 1. The second kappa shape index (κ2) is 9.22. The van der Waals surface area contributed by atoms with Crippen LogP contribution in [-0.2, 0) is 16.0 Å². The van der Waals surface area contributed by atoms with Gasteiger partial charge in [-0.3, -0.25) is 0 Å². The Labute approximate surface area is 216 Å².